The van der Waals surface area contributed by atoms with Gasteiger partial charge in [0.15, 0.2) is 0 Å². The van der Waals surface area contributed by atoms with Crippen LogP contribution in [0.4, 0.5) is 0 Å². The second kappa shape index (κ2) is 6.16. The Morgan fingerprint density at radius 1 is 1.10 bits per heavy atom. The quantitative estimate of drug-likeness (QED) is 0.772. The molecule has 1 N–H and O–H groups in total. The predicted molar refractivity (Wildman–Crippen MR) is 86.3 cm³/mol. The van der Waals surface area contributed by atoms with Gasteiger partial charge in [0.2, 0.25) is 0 Å². The minimum atomic E-state index is 0.458. The molecule has 0 saturated carbocycles. The first-order valence-corrected chi connectivity index (χ1v) is 7.77. The summed E-state index contributed by atoms with van der Waals surface area (Å²) in [5, 5.41) is 6.85. The Bertz CT molecular complexity index is 671. The van der Waals surface area contributed by atoms with Crippen LogP contribution in [-0.2, 0) is 12.8 Å². The molecule has 3 aromatic rings. The molecule has 3 heteroatoms. The summed E-state index contributed by atoms with van der Waals surface area (Å²) >= 11 is 1.83. The Labute approximate surface area is 123 Å². The first-order chi connectivity index (χ1) is 9.86. The topological polar surface area (TPSA) is 24.9 Å². The van der Waals surface area contributed by atoms with Gasteiger partial charge in [-0.25, -0.2) is 0 Å². The van der Waals surface area contributed by atoms with Gasteiger partial charge in [-0.1, -0.05) is 24.3 Å². The molecule has 2 aromatic heterocycles. The first kappa shape index (κ1) is 13.3. The van der Waals surface area contributed by atoms with Crippen molar-refractivity contribution in [1.29, 1.82) is 0 Å². The van der Waals surface area contributed by atoms with E-state index in [4.69, 9.17) is 0 Å². The second-order valence-corrected chi connectivity index (χ2v) is 5.99. The van der Waals surface area contributed by atoms with Crippen molar-refractivity contribution >= 4 is 22.2 Å². The number of benzene rings is 1. The standard InChI is InChI=1S/C17H18N2S/c1-18-14(12-15-5-4-10-20-15)11-13-8-9-19-17-7-3-2-6-16(13)17/h2-10,14,18H,11-12H2,1H3. The van der Waals surface area contributed by atoms with Crippen molar-refractivity contribution in [2.45, 2.75) is 18.9 Å². The lowest BCUT2D eigenvalue weighted by Crippen LogP contribution is -2.29. The Morgan fingerprint density at radius 3 is 2.80 bits per heavy atom. The van der Waals surface area contributed by atoms with E-state index in [1.807, 2.05) is 30.6 Å². The number of pyridine rings is 1. The van der Waals surface area contributed by atoms with Gasteiger partial charge in [-0.15, -0.1) is 11.3 Å². The third kappa shape index (κ3) is 2.89. The molecular formula is C17H18N2S. The average molecular weight is 282 g/mol. The molecular weight excluding hydrogens is 264 g/mol. The summed E-state index contributed by atoms with van der Waals surface area (Å²) in [4.78, 5) is 5.87. The number of thiophene rings is 1. The predicted octanol–water partition coefficient (Wildman–Crippen LogP) is 3.67. The summed E-state index contributed by atoms with van der Waals surface area (Å²) in [6.07, 6.45) is 4.01. The molecule has 0 aliphatic heterocycles. The monoisotopic (exact) mass is 282 g/mol. The largest absolute Gasteiger partial charge is 0.316 e. The number of fused-ring (bicyclic) bond motifs is 1. The van der Waals surface area contributed by atoms with E-state index in [9.17, 15) is 0 Å². The number of para-hydroxylation sites is 1. The van der Waals surface area contributed by atoms with Crippen LogP contribution in [-0.4, -0.2) is 18.1 Å². The maximum absolute atomic E-state index is 4.43. The highest BCUT2D eigenvalue weighted by Gasteiger charge is 2.11. The van der Waals surface area contributed by atoms with Gasteiger partial charge in [0.05, 0.1) is 5.52 Å². The van der Waals surface area contributed by atoms with E-state index in [2.05, 4.69) is 52.1 Å². The third-order valence-corrected chi connectivity index (χ3v) is 4.54. The lowest BCUT2D eigenvalue weighted by Gasteiger charge is -2.16. The molecule has 0 fully saturated rings. The molecule has 0 amide bonds. The zero-order valence-electron chi connectivity index (χ0n) is 11.5. The van der Waals surface area contributed by atoms with Crippen LogP contribution in [0.2, 0.25) is 0 Å². The van der Waals surface area contributed by atoms with Crippen molar-refractivity contribution in [3.8, 4) is 0 Å². The van der Waals surface area contributed by atoms with Crippen molar-refractivity contribution in [3.63, 3.8) is 0 Å². The fourth-order valence-electron chi connectivity index (χ4n) is 2.55. The van der Waals surface area contributed by atoms with Gasteiger partial charge in [0.25, 0.3) is 0 Å². The van der Waals surface area contributed by atoms with E-state index in [0.29, 0.717) is 6.04 Å². The van der Waals surface area contributed by atoms with Crippen LogP contribution in [0.15, 0.2) is 54.0 Å². The smallest absolute Gasteiger partial charge is 0.0704 e. The van der Waals surface area contributed by atoms with E-state index < -0.39 is 0 Å². The minimum absolute atomic E-state index is 0.458. The van der Waals surface area contributed by atoms with Gasteiger partial charge in [0.1, 0.15) is 0 Å². The maximum atomic E-state index is 4.43. The molecule has 0 aliphatic rings. The number of hydrogen-bond donors (Lipinski definition) is 1. The molecule has 1 aromatic carbocycles. The SMILES string of the molecule is CNC(Cc1cccs1)Cc1ccnc2ccccc12. The molecule has 0 bridgehead atoms. The van der Waals surface area contributed by atoms with E-state index in [1.165, 1.54) is 15.8 Å². The number of aromatic nitrogens is 1. The van der Waals surface area contributed by atoms with Gasteiger partial charge < -0.3 is 5.32 Å². The van der Waals surface area contributed by atoms with Gasteiger partial charge in [-0.2, -0.15) is 0 Å². The third-order valence-electron chi connectivity index (χ3n) is 3.64. The molecule has 1 atom stereocenters. The highest BCUT2D eigenvalue weighted by atomic mass is 32.1. The molecule has 0 aliphatic carbocycles. The second-order valence-electron chi connectivity index (χ2n) is 4.96. The molecule has 0 radical (unpaired) electrons. The lowest BCUT2D eigenvalue weighted by atomic mass is 9.99. The molecule has 2 heterocycles. The Hall–Kier alpha value is -1.71. The van der Waals surface area contributed by atoms with Crippen LogP contribution in [0, 0.1) is 0 Å². The Balaban J connectivity index is 1.84. The van der Waals surface area contributed by atoms with Crippen molar-refractivity contribution < 1.29 is 0 Å². The van der Waals surface area contributed by atoms with Crippen LogP contribution < -0.4 is 5.32 Å². The molecule has 2 nitrogen and oxygen atoms in total. The number of hydrogen-bond acceptors (Lipinski definition) is 3. The number of rotatable bonds is 5. The highest BCUT2D eigenvalue weighted by Crippen LogP contribution is 2.19. The number of nitrogens with one attached hydrogen (secondary N) is 1. The summed E-state index contributed by atoms with van der Waals surface area (Å²) < 4.78 is 0. The van der Waals surface area contributed by atoms with E-state index in [1.54, 1.807) is 0 Å². The number of likely N-dealkylation sites (N-methyl/N-ethyl adjacent to an activating group) is 1. The normalized spacial score (nSPS) is 12.7. The van der Waals surface area contributed by atoms with Crippen LogP contribution in [0.1, 0.15) is 10.4 Å². The van der Waals surface area contributed by atoms with Crippen LogP contribution in [0.5, 0.6) is 0 Å². The van der Waals surface area contributed by atoms with Gasteiger partial charge >= 0.3 is 0 Å². The van der Waals surface area contributed by atoms with Crippen LogP contribution in [0.3, 0.4) is 0 Å². The molecule has 20 heavy (non-hydrogen) atoms. The van der Waals surface area contributed by atoms with Gasteiger partial charge in [0, 0.05) is 22.5 Å². The Kier molecular flexibility index (Phi) is 4.09. The maximum Gasteiger partial charge on any atom is 0.0704 e. The van der Waals surface area contributed by atoms with Gasteiger partial charge in [-0.05, 0) is 49.0 Å². The van der Waals surface area contributed by atoms with E-state index in [0.717, 1.165) is 18.4 Å². The Morgan fingerprint density at radius 2 is 2.00 bits per heavy atom. The average Bonchev–Trinajstić information content (AvgIpc) is 3.00. The van der Waals surface area contributed by atoms with Gasteiger partial charge in [-0.3, -0.25) is 4.98 Å². The van der Waals surface area contributed by atoms with E-state index in [-0.39, 0.29) is 0 Å². The minimum Gasteiger partial charge on any atom is -0.316 e. The summed E-state index contributed by atoms with van der Waals surface area (Å²) in [5.74, 6) is 0. The van der Waals surface area contributed by atoms with Crippen molar-refractivity contribution in [1.82, 2.24) is 10.3 Å². The van der Waals surface area contributed by atoms with Crippen molar-refractivity contribution in [3.05, 3.63) is 64.5 Å². The molecule has 102 valence electrons. The lowest BCUT2D eigenvalue weighted by molar-refractivity contribution is 0.561. The molecule has 3 rings (SSSR count). The summed E-state index contributed by atoms with van der Waals surface area (Å²) in [6, 6.07) is 15.3. The zero-order chi connectivity index (χ0) is 13.8. The van der Waals surface area contributed by atoms with Crippen LogP contribution in [0.25, 0.3) is 10.9 Å². The van der Waals surface area contributed by atoms with E-state index >= 15 is 0 Å². The summed E-state index contributed by atoms with van der Waals surface area (Å²) in [6.45, 7) is 0. The fraction of sp³-hybridized carbons (Fsp3) is 0.235. The first-order valence-electron chi connectivity index (χ1n) is 6.89. The van der Waals surface area contributed by atoms with Crippen LogP contribution >= 0.6 is 11.3 Å². The van der Waals surface area contributed by atoms with Crippen molar-refractivity contribution in [2.24, 2.45) is 0 Å². The zero-order valence-corrected chi connectivity index (χ0v) is 12.4. The summed E-state index contributed by atoms with van der Waals surface area (Å²) in [5.41, 5.74) is 2.45. The molecule has 0 spiro atoms. The summed E-state index contributed by atoms with van der Waals surface area (Å²) in [7, 11) is 2.04. The molecule has 0 saturated heterocycles. The molecule has 1 unspecified atom stereocenters. The highest BCUT2D eigenvalue weighted by molar-refractivity contribution is 7.09. The van der Waals surface area contributed by atoms with Crippen molar-refractivity contribution in [2.75, 3.05) is 7.05 Å². The number of nitrogens with zero attached hydrogens (tertiary/aromatic N) is 1. The fourth-order valence-corrected chi connectivity index (χ4v) is 3.33.